The summed E-state index contributed by atoms with van der Waals surface area (Å²) >= 11 is 0. The third-order valence-corrected chi connectivity index (χ3v) is 10.9. The Morgan fingerprint density at radius 2 is 1.62 bits per heavy atom. The molecule has 0 radical (unpaired) electrons. The number of hydrogen-bond donors (Lipinski definition) is 0. The molecule has 4 nitrogen and oxygen atoms in total. The smallest absolute Gasteiger partial charge is 0.337 e. The van der Waals surface area contributed by atoms with Gasteiger partial charge in [-0.1, -0.05) is 45.0 Å². The second-order valence-electron chi connectivity index (χ2n) is 9.43. The molecular formula is C24H33NO3Si. The summed E-state index contributed by atoms with van der Waals surface area (Å²) < 4.78 is 11.1. The number of methoxy groups -OCH3 is 1. The zero-order valence-electron chi connectivity index (χ0n) is 18.5. The quantitative estimate of drug-likeness (QED) is 0.458. The van der Waals surface area contributed by atoms with Crippen molar-refractivity contribution < 1.29 is 14.0 Å². The molecule has 5 heteroatoms. The van der Waals surface area contributed by atoms with E-state index in [1.165, 1.54) is 18.2 Å². The summed E-state index contributed by atoms with van der Waals surface area (Å²) in [5.41, 5.74) is 4.36. The molecule has 29 heavy (non-hydrogen) atoms. The van der Waals surface area contributed by atoms with Crippen molar-refractivity contribution in [2.45, 2.75) is 51.4 Å². The molecule has 2 aromatic carbocycles. The van der Waals surface area contributed by atoms with Gasteiger partial charge in [0.05, 0.1) is 19.3 Å². The highest BCUT2D eigenvalue weighted by Crippen LogP contribution is 2.37. The molecule has 0 aliphatic carbocycles. The average Bonchev–Trinajstić information content (AvgIpc) is 2.65. The summed E-state index contributed by atoms with van der Waals surface area (Å²) in [7, 11) is -0.311. The van der Waals surface area contributed by atoms with Crippen LogP contribution in [0.15, 0.2) is 48.5 Å². The van der Waals surface area contributed by atoms with E-state index < -0.39 is 8.32 Å². The molecule has 1 fully saturated rings. The highest BCUT2D eigenvalue weighted by molar-refractivity contribution is 6.74. The van der Waals surface area contributed by atoms with Crippen molar-refractivity contribution in [1.29, 1.82) is 0 Å². The summed E-state index contributed by atoms with van der Waals surface area (Å²) in [6, 6.07) is 16.5. The Hall–Kier alpha value is -2.11. The molecule has 0 saturated carbocycles. The van der Waals surface area contributed by atoms with Crippen molar-refractivity contribution in [2.75, 3.05) is 25.1 Å². The summed E-state index contributed by atoms with van der Waals surface area (Å²) in [6.07, 6.45) is 0. The minimum absolute atomic E-state index is 0.234. The van der Waals surface area contributed by atoms with Gasteiger partial charge in [-0.3, -0.25) is 0 Å². The lowest BCUT2D eigenvalue weighted by molar-refractivity contribution is 0.0600. The van der Waals surface area contributed by atoms with Crippen molar-refractivity contribution in [3.8, 4) is 0 Å². The molecule has 0 bridgehead atoms. The third kappa shape index (κ3) is 4.90. The Morgan fingerprint density at radius 1 is 1.03 bits per heavy atom. The summed E-state index contributed by atoms with van der Waals surface area (Å²) in [4.78, 5) is 13.9. The van der Waals surface area contributed by atoms with Crippen LogP contribution in [0.2, 0.25) is 18.1 Å². The van der Waals surface area contributed by atoms with Gasteiger partial charge < -0.3 is 14.1 Å². The van der Waals surface area contributed by atoms with Crippen LogP contribution in [-0.4, -0.2) is 34.5 Å². The van der Waals surface area contributed by atoms with Crippen LogP contribution in [0.3, 0.4) is 0 Å². The first-order valence-electron chi connectivity index (χ1n) is 10.3. The van der Waals surface area contributed by atoms with Gasteiger partial charge in [-0.05, 0) is 53.5 Å². The highest BCUT2D eigenvalue weighted by atomic mass is 28.4. The van der Waals surface area contributed by atoms with Crippen LogP contribution in [0.1, 0.15) is 48.2 Å². The number of carbonyl (C=O) groups excluding carboxylic acids is 1. The topological polar surface area (TPSA) is 38.8 Å². The molecule has 1 heterocycles. The maximum atomic E-state index is 11.6. The normalized spacial score (nSPS) is 15.2. The van der Waals surface area contributed by atoms with Gasteiger partial charge in [0.1, 0.15) is 0 Å². The molecular weight excluding hydrogens is 378 g/mol. The van der Waals surface area contributed by atoms with E-state index in [9.17, 15) is 4.79 Å². The fraction of sp³-hybridized carbons (Fsp3) is 0.458. The van der Waals surface area contributed by atoms with E-state index in [0.29, 0.717) is 18.1 Å². The molecule has 3 rings (SSSR count). The zero-order chi connectivity index (χ0) is 21.2. The standard InChI is InChI=1S/C24H33NO3Si/c1-24(2,3)29(5,6)28-17-18-7-9-19(10-8-18)21-15-25(16-21)22-13-11-20(12-14-22)23(26)27-4/h7-14,21H,15-17H2,1-6H3. The van der Waals surface area contributed by atoms with Gasteiger partial charge in [0.2, 0.25) is 0 Å². The van der Waals surface area contributed by atoms with Crippen LogP contribution in [0.5, 0.6) is 0 Å². The predicted octanol–water partition coefficient (Wildman–Crippen LogP) is 5.60. The van der Waals surface area contributed by atoms with Crippen LogP contribution >= 0.6 is 0 Å². The van der Waals surface area contributed by atoms with E-state index >= 15 is 0 Å². The monoisotopic (exact) mass is 411 g/mol. The van der Waals surface area contributed by atoms with Crippen molar-refractivity contribution >= 4 is 20.0 Å². The summed E-state index contributed by atoms with van der Waals surface area (Å²) in [5, 5.41) is 0.234. The minimum atomic E-state index is -1.71. The first-order valence-corrected chi connectivity index (χ1v) is 13.2. The number of benzene rings is 2. The minimum Gasteiger partial charge on any atom is -0.465 e. The fourth-order valence-corrected chi connectivity index (χ4v) is 4.15. The zero-order valence-corrected chi connectivity index (χ0v) is 19.5. The van der Waals surface area contributed by atoms with Gasteiger partial charge in [0.15, 0.2) is 8.32 Å². The molecule has 0 aromatic heterocycles. The molecule has 0 N–H and O–H groups in total. The summed E-state index contributed by atoms with van der Waals surface area (Å²) in [6.45, 7) is 14.1. The predicted molar refractivity (Wildman–Crippen MR) is 121 cm³/mol. The first-order chi connectivity index (χ1) is 13.6. The molecule has 0 spiro atoms. The number of nitrogens with zero attached hydrogens (tertiary/aromatic N) is 1. The SMILES string of the molecule is COC(=O)c1ccc(N2CC(c3ccc(CO[Si](C)(C)C(C)(C)C)cc3)C2)cc1. The Balaban J connectivity index is 1.53. The highest BCUT2D eigenvalue weighted by Gasteiger charge is 2.37. The fourth-order valence-electron chi connectivity index (χ4n) is 3.19. The molecule has 0 amide bonds. The number of esters is 1. The molecule has 1 saturated heterocycles. The van der Waals surface area contributed by atoms with Crippen molar-refractivity contribution in [3.05, 3.63) is 65.2 Å². The van der Waals surface area contributed by atoms with E-state index in [4.69, 9.17) is 9.16 Å². The van der Waals surface area contributed by atoms with Gasteiger partial charge in [0, 0.05) is 24.7 Å². The first kappa shape index (κ1) is 21.6. The third-order valence-electron chi connectivity index (χ3n) is 6.39. The molecule has 1 aliphatic heterocycles. The maximum Gasteiger partial charge on any atom is 0.337 e. The van der Waals surface area contributed by atoms with Gasteiger partial charge in [0.25, 0.3) is 0 Å². The molecule has 156 valence electrons. The molecule has 2 aromatic rings. The second-order valence-corrected chi connectivity index (χ2v) is 14.2. The van der Waals surface area contributed by atoms with Crippen molar-refractivity contribution in [1.82, 2.24) is 0 Å². The number of ether oxygens (including phenoxy) is 1. The van der Waals surface area contributed by atoms with Crippen LogP contribution < -0.4 is 4.90 Å². The lowest BCUT2D eigenvalue weighted by atomic mass is 9.90. The lowest BCUT2D eigenvalue weighted by Crippen LogP contribution is -2.45. The molecule has 0 unspecified atom stereocenters. The van der Waals surface area contributed by atoms with E-state index in [0.717, 1.165) is 18.8 Å². The van der Waals surface area contributed by atoms with E-state index in [-0.39, 0.29) is 11.0 Å². The van der Waals surface area contributed by atoms with E-state index in [1.54, 1.807) is 0 Å². The van der Waals surface area contributed by atoms with Crippen molar-refractivity contribution in [2.24, 2.45) is 0 Å². The lowest BCUT2D eigenvalue weighted by Gasteiger charge is -2.41. The van der Waals surface area contributed by atoms with E-state index in [1.807, 2.05) is 24.3 Å². The Labute approximate surface area is 176 Å². The number of anilines is 1. The van der Waals surface area contributed by atoms with Crippen molar-refractivity contribution in [3.63, 3.8) is 0 Å². The van der Waals surface area contributed by atoms with E-state index in [2.05, 4.69) is 63.0 Å². The Morgan fingerprint density at radius 3 is 2.14 bits per heavy atom. The average molecular weight is 412 g/mol. The second kappa shape index (κ2) is 8.32. The Kier molecular flexibility index (Phi) is 6.20. The molecule has 0 atom stereocenters. The number of carbonyl (C=O) groups is 1. The number of rotatable bonds is 6. The summed E-state index contributed by atoms with van der Waals surface area (Å²) in [5.74, 6) is 0.251. The van der Waals surface area contributed by atoms with Crippen LogP contribution in [0.25, 0.3) is 0 Å². The van der Waals surface area contributed by atoms with Gasteiger partial charge in [-0.15, -0.1) is 0 Å². The largest absolute Gasteiger partial charge is 0.465 e. The Bertz CT molecular complexity index is 832. The molecule has 1 aliphatic rings. The van der Waals surface area contributed by atoms with Crippen LogP contribution in [0.4, 0.5) is 5.69 Å². The van der Waals surface area contributed by atoms with Gasteiger partial charge >= 0.3 is 5.97 Å². The van der Waals surface area contributed by atoms with Crippen LogP contribution in [0, 0.1) is 0 Å². The number of hydrogen-bond acceptors (Lipinski definition) is 4. The van der Waals surface area contributed by atoms with Gasteiger partial charge in [-0.2, -0.15) is 0 Å². The van der Waals surface area contributed by atoms with Gasteiger partial charge in [-0.25, -0.2) is 4.79 Å². The maximum absolute atomic E-state index is 11.6. The van der Waals surface area contributed by atoms with Crippen LogP contribution in [-0.2, 0) is 15.8 Å².